The minimum atomic E-state index is -2.45. The summed E-state index contributed by atoms with van der Waals surface area (Å²) < 4.78 is 10.4. The fourth-order valence-corrected chi connectivity index (χ4v) is 4.67. The quantitative estimate of drug-likeness (QED) is 0.666. The smallest absolute Gasteiger partial charge is 0.247 e. The molecule has 0 bridgehead atoms. The molecule has 0 aromatic heterocycles. The molecule has 1 aromatic carbocycles. The normalized spacial score (nSPS) is 12.3. The number of anilines is 1. The number of nitrogens with zero attached hydrogens (tertiary/aromatic N) is 1. The Kier molecular flexibility index (Phi) is 7.37. The molecule has 1 aromatic rings. The van der Waals surface area contributed by atoms with Crippen molar-refractivity contribution >= 4 is 52.1 Å². The lowest BCUT2D eigenvalue weighted by Gasteiger charge is -2.36. The molecule has 0 spiro atoms. The fraction of sp³-hybridized carbons (Fsp3) is 0.500. The first-order valence-electron chi connectivity index (χ1n) is 6.57. The summed E-state index contributed by atoms with van der Waals surface area (Å²) in [4.78, 5) is 14.4. The number of hydrogen-bond acceptors (Lipinski definition) is 5. The van der Waals surface area contributed by atoms with Crippen molar-refractivity contribution in [1.82, 2.24) is 0 Å². The molecule has 0 N–H and O–H groups in total. The van der Waals surface area contributed by atoms with E-state index in [-0.39, 0.29) is 17.2 Å². The van der Waals surface area contributed by atoms with Crippen molar-refractivity contribution in [2.24, 2.45) is 0 Å². The number of carbonyl (C=O) groups is 1. The van der Waals surface area contributed by atoms with Crippen LogP contribution in [-0.2, 0) is 25.6 Å². The maximum atomic E-state index is 12.7. The van der Waals surface area contributed by atoms with Gasteiger partial charge in [-0.3, -0.25) is 4.79 Å². The summed E-state index contributed by atoms with van der Waals surface area (Å²) in [5, 5.41) is 0.633. The molecule has 124 valence electrons. The first-order chi connectivity index (χ1) is 10.1. The molecule has 0 saturated heterocycles. The summed E-state index contributed by atoms with van der Waals surface area (Å²) in [6.07, 6.45) is 0. The van der Waals surface area contributed by atoms with Gasteiger partial charge in [-0.2, -0.15) is 0 Å². The molecule has 8 heteroatoms. The van der Waals surface area contributed by atoms with Crippen molar-refractivity contribution in [3.63, 3.8) is 0 Å². The third-order valence-electron chi connectivity index (χ3n) is 2.80. The van der Waals surface area contributed by atoms with Gasteiger partial charge >= 0.3 is 0 Å². The summed E-state index contributed by atoms with van der Waals surface area (Å²) in [7, 11) is 3.00. The van der Waals surface area contributed by atoms with E-state index in [2.05, 4.69) is 0 Å². The average molecular weight is 382 g/mol. The van der Waals surface area contributed by atoms with E-state index in [9.17, 15) is 4.79 Å². The van der Waals surface area contributed by atoms with E-state index >= 15 is 0 Å². The highest BCUT2D eigenvalue weighted by atomic mass is 35.5. The molecular formula is C14H21ClNO3PS2. The van der Waals surface area contributed by atoms with Crippen LogP contribution in [0.5, 0.6) is 0 Å². The molecule has 4 nitrogen and oxygen atoms in total. The standard InChI is InChI=1S/C14H21ClNO3PS2/c1-14(2,3)16(12-8-6-11(15)7-9-12)13(17)10-22-20(21,18-4)19-5/h6-9H,10H2,1-5H3. The Bertz CT molecular complexity index is 552. The SMILES string of the molecule is COP(=S)(OC)SCC(=O)N(c1ccc(Cl)cc1)C(C)(C)C. The van der Waals surface area contributed by atoms with Gasteiger partial charge in [0.2, 0.25) is 11.6 Å². The van der Waals surface area contributed by atoms with Gasteiger partial charge in [-0.15, -0.1) is 0 Å². The van der Waals surface area contributed by atoms with E-state index in [1.54, 1.807) is 17.0 Å². The van der Waals surface area contributed by atoms with E-state index < -0.39 is 5.69 Å². The summed E-state index contributed by atoms with van der Waals surface area (Å²) in [5.74, 6) is 0.141. The minimum Gasteiger partial charge on any atom is -0.325 e. The lowest BCUT2D eigenvalue weighted by Crippen LogP contribution is -2.46. The molecule has 0 saturated carbocycles. The van der Waals surface area contributed by atoms with Crippen LogP contribution in [0.15, 0.2) is 24.3 Å². The maximum Gasteiger partial charge on any atom is 0.247 e. The van der Waals surface area contributed by atoms with Crippen molar-refractivity contribution < 1.29 is 13.8 Å². The van der Waals surface area contributed by atoms with Gasteiger partial charge in [-0.25, -0.2) is 0 Å². The van der Waals surface area contributed by atoms with Crippen LogP contribution >= 0.6 is 28.7 Å². The van der Waals surface area contributed by atoms with Gasteiger partial charge in [0.25, 0.3) is 0 Å². The highest BCUT2D eigenvalue weighted by Crippen LogP contribution is 2.59. The molecule has 22 heavy (non-hydrogen) atoms. The second-order valence-electron chi connectivity index (χ2n) is 5.46. The monoisotopic (exact) mass is 381 g/mol. The highest BCUT2D eigenvalue weighted by molar-refractivity contribution is 8.68. The molecule has 0 heterocycles. The zero-order valence-corrected chi connectivity index (χ0v) is 16.6. The Morgan fingerprint density at radius 1 is 1.27 bits per heavy atom. The summed E-state index contributed by atoms with van der Waals surface area (Å²) in [6, 6.07) is 7.20. The largest absolute Gasteiger partial charge is 0.325 e. The molecule has 0 aliphatic heterocycles. The number of halogens is 1. The highest BCUT2D eigenvalue weighted by Gasteiger charge is 2.29. The van der Waals surface area contributed by atoms with E-state index in [1.165, 1.54) is 25.6 Å². The Labute approximate surface area is 146 Å². The Morgan fingerprint density at radius 2 is 1.77 bits per heavy atom. The summed E-state index contributed by atoms with van der Waals surface area (Å²) >= 11 is 12.4. The van der Waals surface area contributed by atoms with E-state index in [4.69, 9.17) is 32.5 Å². The molecule has 0 fully saturated rings. The van der Waals surface area contributed by atoms with Gasteiger partial charge in [-0.1, -0.05) is 23.0 Å². The molecule has 0 aliphatic carbocycles. The Hall–Kier alpha value is -0.100. The Morgan fingerprint density at radius 3 is 2.18 bits per heavy atom. The van der Waals surface area contributed by atoms with Gasteiger partial charge in [0.15, 0.2) is 0 Å². The zero-order chi connectivity index (χ0) is 17.0. The molecule has 0 atom stereocenters. The number of carbonyl (C=O) groups excluding carboxylic acids is 1. The van der Waals surface area contributed by atoms with Gasteiger partial charge in [0, 0.05) is 30.5 Å². The van der Waals surface area contributed by atoms with Crippen molar-refractivity contribution in [3.05, 3.63) is 29.3 Å². The maximum absolute atomic E-state index is 12.7. The number of amides is 1. The second-order valence-corrected chi connectivity index (χ2v) is 12.4. The van der Waals surface area contributed by atoms with Crippen LogP contribution in [0.2, 0.25) is 5.02 Å². The predicted molar refractivity (Wildman–Crippen MR) is 99.5 cm³/mol. The van der Waals surface area contributed by atoms with Crippen LogP contribution in [0, 0.1) is 0 Å². The summed E-state index contributed by atoms with van der Waals surface area (Å²) in [6.45, 7) is 5.94. The van der Waals surface area contributed by atoms with Gasteiger partial charge in [0.1, 0.15) is 0 Å². The van der Waals surface area contributed by atoms with Crippen LogP contribution < -0.4 is 4.90 Å². The first-order valence-corrected chi connectivity index (χ1v) is 11.2. The van der Waals surface area contributed by atoms with Crippen LogP contribution in [0.25, 0.3) is 0 Å². The second kappa shape index (κ2) is 8.13. The third kappa shape index (κ3) is 5.52. The zero-order valence-electron chi connectivity index (χ0n) is 13.3. The van der Waals surface area contributed by atoms with Gasteiger partial charge < -0.3 is 13.9 Å². The van der Waals surface area contributed by atoms with Crippen molar-refractivity contribution in [2.75, 3.05) is 24.9 Å². The molecular weight excluding hydrogens is 361 g/mol. The predicted octanol–water partition coefficient (Wildman–Crippen LogP) is 4.72. The van der Waals surface area contributed by atoms with Crippen LogP contribution in [0.3, 0.4) is 0 Å². The summed E-state index contributed by atoms with van der Waals surface area (Å²) in [5.41, 5.74) is -2.02. The number of hydrogen-bond donors (Lipinski definition) is 0. The number of rotatable bonds is 6. The molecule has 1 amide bonds. The number of benzene rings is 1. The van der Waals surface area contributed by atoms with Gasteiger partial charge in [0.05, 0.1) is 5.75 Å². The van der Waals surface area contributed by atoms with Gasteiger partial charge in [-0.05, 0) is 56.8 Å². The molecule has 1 rings (SSSR count). The van der Waals surface area contributed by atoms with Crippen LogP contribution in [0.1, 0.15) is 20.8 Å². The average Bonchev–Trinajstić information content (AvgIpc) is 2.46. The first kappa shape index (κ1) is 19.9. The molecule has 0 aliphatic rings. The molecule has 0 unspecified atom stereocenters. The van der Waals surface area contributed by atoms with E-state index in [1.807, 2.05) is 32.9 Å². The van der Waals surface area contributed by atoms with Crippen LogP contribution in [-0.4, -0.2) is 31.4 Å². The molecule has 0 radical (unpaired) electrons. The fourth-order valence-electron chi connectivity index (χ4n) is 1.87. The lowest BCUT2D eigenvalue weighted by molar-refractivity contribution is -0.117. The van der Waals surface area contributed by atoms with E-state index in [0.29, 0.717) is 5.02 Å². The topological polar surface area (TPSA) is 38.8 Å². The third-order valence-corrected chi connectivity index (χ3v) is 8.71. The Balaban J connectivity index is 2.96. The lowest BCUT2D eigenvalue weighted by atomic mass is 10.0. The minimum absolute atomic E-state index is 0.0526. The van der Waals surface area contributed by atoms with E-state index in [0.717, 1.165) is 5.69 Å². The van der Waals surface area contributed by atoms with Crippen molar-refractivity contribution in [2.45, 2.75) is 26.3 Å². The van der Waals surface area contributed by atoms with Crippen molar-refractivity contribution in [1.29, 1.82) is 0 Å². The van der Waals surface area contributed by atoms with Crippen LogP contribution in [0.4, 0.5) is 5.69 Å². The van der Waals surface area contributed by atoms with Crippen molar-refractivity contribution in [3.8, 4) is 0 Å².